The standard InChI is InChI=1S/C23H22BrClOS/c1-23(2,18-6-10-20(25)11-7-18)16-27-15-17-4-3-5-22(14-17)26-21-12-8-19(24)9-13-21/h3-14H,15-16H2,1-2H3. The maximum Gasteiger partial charge on any atom is 0.127 e. The number of halogens is 2. The maximum absolute atomic E-state index is 6.01. The molecule has 0 radical (unpaired) electrons. The minimum absolute atomic E-state index is 0.0980. The Balaban J connectivity index is 1.58. The van der Waals surface area contributed by atoms with Gasteiger partial charge in [-0.2, -0.15) is 11.8 Å². The Bertz CT molecular complexity index is 876. The summed E-state index contributed by atoms with van der Waals surface area (Å²) in [5.74, 6) is 3.69. The van der Waals surface area contributed by atoms with Crippen molar-refractivity contribution in [1.82, 2.24) is 0 Å². The van der Waals surface area contributed by atoms with Gasteiger partial charge in [0.2, 0.25) is 0 Å². The SMILES string of the molecule is CC(C)(CSCc1cccc(Oc2ccc(Br)cc2)c1)c1ccc(Cl)cc1. The second-order valence-electron chi connectivity index (χ2n) is 7.09. The molecule has 0 unspecified atom stereocenters. The monoisotopic (exact) mass is 460 g/mol. The summed E-state index contributed by atoms with van der Waals surface area (Å²) in [7, 11) is 0. The summed E-state index contributed by atoms with van der Waals surface area (Å²) >= 11 is 11.4. The van der Waals surface area contributed by atoms with E-state index in [2.05, 4.69) is 60.1 Å². The van der Waals surface area contributed by atoms with E-state index < -0.39 is 0 Å². The summed E-state index contributed by atoms with van der Waals surface area (Å²) in [5, 5.41) is 0.782. The Hall–Kier alpha value is -1.42. The molecule has 1 nitrogen and oxygen atoms in total. The van der Waals surface area contributed by atoms with Crippen molar-refractivity contribution in [2.75, 3.05) is 5.75 Å². The number of hydrogen-bond donors (Lipinski definition) is 0. The van der Waals surface area contributed by atoms with Crippen LogP contribution in [0.2, 0.25) is 5.02 Å². The van der Waals surface area contributed by atoms with Crippen molar-refractivity contribution >= 4 is 39.3 Å². The molecule has 0 aliphatic heterocycles. The molecule has 0 spiro atoms. The number of hydrogen-bond acceptors (Lipinski definition) is 2. The largest absolute Gasteiger partial charge is 0.457 e. The van der Waals surface area contributed by atoms with Gasteiger partial charge in [-0.25, -0.2) is 0 Å². The molecule has 0 aromatic heterocycles. The van der Waals surface area contributed by atoms with Gasteiger partial charge in [0.15, 0.2) is 0 Å². The van der Waals surface area contributed by atoms with Gasteiger partial charge in [0.1, 0.15) is 11.5 Å². The van der Waals surface area contributed by atoms with Crippen molar-refractivity contribution in [3.05, 3.63) is 93.4 Å². The van der Waals surface area contributed by atoms with E-state index in [4.69, 9.17) is 16.3 Å². The van der Waals surface area contributed by atoms with Gasteiger partial charge in [-0.1, -0.05) is 65.6 Å². The predicted octanol–water partition coefficient (Wildman–Crippen LogP) is 8.11. The van der Waals surface area contributed by atoms with Crippen molar-refractivity contribution in [2.45, 2.75) is 25.0 Å². The number of benzene rings is 3. The van der Waals surface area contributed by atoms with Crippen molar-refractivity contribution < 1.29 is 4.74 Å². The molecule has 3 aromatic carbocycles. The van der Waals surface area contributed by atoms with Crippen molar-refractivity contribution in [3.63, 3.8) is 0 Å². The highest BCUT2D eigenvalue weighted by Crippen LogP contribution is 2.31. The molecule has 0 N–H and O–H groups in total. The fraction of sp³-hybridized carbons (Fsp3) is 0.217. The van der Waals surface area contributed by atoms with Crippen LogP contribution >= 0.6 is 39.3 Å². The Kier molecular flexibility index (Phi) is 6.91. The average Bonchev–Trinajstić information content (AvgIpc) is 2.64. The number of rotatable bonds is 7. The zero-order valence-corrected chi connectivity index (χ0v) is 18.6. The lowest BCUT2D eigenvalue weighted by molar-refractivity contribution is 0.482. The summed E-state index contributed by atoms with van der Waals surface area (Å²) in [4.78, 5) is 0. The lowest BCUT2D eigenvalue weighted by Gasteiger charge is -2.25. The third-order valence-electron chi connectivity index (χ3n) is 4.31. The van der Waals surface area contributed by atoms with Gasteiger partial charge in [0.25, 0.3) is 0 Å². The smallest absolute Gasteiger partial charge is 0.127 e. The van der Waals surface area contributed by atoms with Crippen LogP contribution in [0.4, 0.5) is 0 Å². The van der Waals surface area contributed by atoms with Crippen LogP contribution in [-0.2, 0) is 11.2 Å². The highest BCUT2D eigenvalue weighted by molar-refractivity contribution is 9.10. The zero-order valence-electron chi connectivity index (χ0n) is 15.4. The van der Waals surface area contributed by atoms with Gasteiger partial charge in [0.05, 0.1) is 0 Å². The van der Waals surface area contributed by atoms with Crippen molar-refractivity contribution in [3.8, 4) is 11.5 Å². The van der Waals surface area contributed by atoms with E-state index in [-0.39, 0.29) is 5.41 Å². The molecule has 0 saturated carbocycles. The van der Waals surface area contributed by atoms with Crippen LogP contribution in [0.15, 0.2) is 77.3 Å². The minimum Gasteiger partial charge on any atom is -0.457 e. The van der Waals surface area contributed by atoms with E-state index in [1.54, 1.807) is 0 Å². The first-order valence-corrected chi connectivity index (χ1v) is 11.1. The maximum atomic E-state index is 6.01. The lowest BCUT2D eigenvalue weighted by Crippen LogP contribution is -2.20. The quantitative estimate of drug-likeness (QED) is 0.351. The Morgan fingerprint density at radius 1 is 0.926 bits per heavy atom. The van der Waals surface area contributed by atoms with E-state index in [0.717, 1.165) is 32.5 Å². The Morgan fingerprint density at radius 2 is 1.63 bits per heavy atom. The molecule has 0 atom stereocenters. The van der Waals surface area contributed by atoms with Crippen LogP contribution in [0.3, 0.4) is 0 Å². The molecule has 0 aliphatic rings. The molecule has 0 fully saturated rings. The second kappa shape index (κ2) is 9.18. The van der Waals surface area contributed by atoms with Crippen LogP contribution < -0.4 is 4.74 Å². The predicted molar refractivity (Wildman–Crippen MR) is 121 cm³/mol. The average molecular weight is 462 g/mol. The van der Waals surface area contributed by atoms with Crippen molar-refractivity contribution in [2.24, 2.45) is 0 Å². The Labute approximate surface area is 179 Å². The topological polar surface area (TPSA) is 9.23 Å². The third-order valence-corrected chi connectivity index (χ3v) is 6.55. The Morgan fingerprint density at radius 3 is 2.33 bits per heavy atom. The molecule has 27 heavy (non-hydrogen) atoms. The van der Waals surface area contributed by atoms with E-state index in [1.165, 1.54) is 11.1 Å². The van der Waals surface area contributed by atoms with E-state index in [9.17, 15) is 0 Å². The van der Waals surface area contributed by atoms with Gasteiger partial charge in [0, 0.05) is 21.0 Å². The molecule has 3 rings (SSSR count). The molecule has 0 aliphatic carbocycles. The lowest BCUT2D eigenvalue weighted by atomic mass is 9.87. The van der Waals surface area contributed by atoms with Crippen LogP contribution in [0, 0.1) is 0 Å². The molecule has 0 amide bonds. The van der Waals surface area contributed by atoms with E-state index in [1.807, 2.05) is 54.2 Å². The van der Waals surface area contributed by atoms with Crippen LogP contribution in [0.5, 0.6) is 11.5 Å². The molecular formula is C23H22BrClOS. The summed E-state index contributed by atoms with van der Waals surface area (Å²) in [6.07, 6.45) is 0. The molecule has 3 aromatic rings. The third kappa shape index (κ3) is 6.03. The highest BCUT2D eigenvalue weighted by Gasteiger charge is 2.20. The second-order valence-corrected chi connectivity index (χ2v) is 9.42. The van der Waals surface area contributed by atoms with E-state index >= 15 is 0 Å². The minimum atomic E-state index is 0.0980. The summed E-state index contributed by atoms with van der Waals surface area (Å²) in [6.45, 7) is 4.55. The molecule has 0 heterocycles. The van der Waals surface area contributed by atoms with Gasteiger partial charge >= 0.3 is 0 Å². The molecule has 140 valence electrons. The molecule has 0 bridgehead atoms. The van der Waals surface area contributed by atoms with Gasteiger partial charge in [-0.15, -0.1) is 0 Å². The number of ether oxygens (including phenoxy) is 1. The fourth-order valence-electron chi connectivity index (χ4n) is 2.75. The molecule has 4 heteroatoms. The first kappa shape index (κ1) is 20.3. The normalized spacial score (nSPS) is 11.4. The summed E-state index contributed by atoms with van der Waals surface area (Å²) < 4.78 is 7.00. The first-order valence-electron chi connectivity index (χ1n) is 8.78. The van der Waals surface area contributed by atoms with Gasteiger partial charge in [-0.05, 0) is 65.1 Å². The fourth-order valence-corrected chi connectivity index (χ4v) is 4.33. The summed E-state index contributed by atoms with van der Waals surface area (Å²) in [5.41, 5.74) is 2.68. The van der Waals surface area contributed by atoms with Crippen LogP contribution in [0.1, 0.15) is 25.0 Å². The van der Waals surface area contributed by atoms with Crippen LogP contribution in [-0.4, -0.2) is 5.75 Å². The van der Waals surface area contributed by atoms with Crippen LogP contribution in [0.25, 0.3) is 0 Å². The number of thioether (sulfide) groups is 1. The zero-order chi connectivity index (χ0) is 19.3. The van der Waals surface area contributed by atoms with Gasteiger partial charge in [-0.3, -0.25) is 0 Å². The first-order chi connectivity index (χ1) is 12.9. The van der Waals surface area contributed by atoms with E-state index in [0.29, 0.717) is 0 Å². The van der Waals surface area contributed by atoms with Gasteiger partial charge < -0.3 is 4.74 Å². The highest BCUT2D eigenvalue weighted by atomic mass is 79.9. The molecular weight excluding hydrogens is 440 g/mol. The summed E-state index contributed by atoms with van der Waals surface area (Å²) in [6, 6.07) is 24.4. The van der Waals surface area contributed by atoms with Crippen molar-refractivity contribution in [1.29, 1.82) is 0 Å². The molecule has 0 saturated heterocycles.